The number of rotatable bonds is 7. The minimum Gasteiger partial charge on any atom is -0.473 e. The van der Waals surface area contributed by atoms with E-state index in [0.29, 0.717) is 36.9 Å². The molecular formula is C15H27N5O3. The van der Waals surface area contributed by atoms with Gasteiger partial charge in [0.1, 0.15) is 17.6 Å². The maximum atomic E-state index is 11.5. The zero-order valence-electron chi connectivity index (χ0n) is 14.5. The summed E-state index contributed by atoms with van der Waals surface area (Å²) in [5.74, 6) is 0.886. The summed E-state index contributed by atoms with van der Waals surface area (Å²) >= 11 is 0. The fourth-order valence-corrected chi connectivity index (χ4v) is 1.64. The number of hydrogen-bond acceptors (Lipinski definition) is 7. The summed E-state index contributed by atoms with van der Waals surface area (Å²) in [6, 6.07) is 0. The summed E-state index contributed by atoms with van der Waals surface area (Å²) in [4.78, 5) is 19.6. The summed E-state index contributed by atoms with van der Waals surface area (Å²) < 4.78 is 10.6. The van der Waals surface area contributed by atoms with Crippen LogP contribution in [-0.2, 0) is 4.74 Å². The Morgan fingerprint density at radius 3 is 2.61 bits per heavy atom. The van der Waals surface area contributed by atoms with Gasteiger partial charge in [0.2, 0.25) is 5.88 Å². The number of alkyl carbamates (subject to hydrolysis) is 1. The van der Waals surface area contributed by atoms with Crippen LogP contribution in [0.25, 0.3) is 0 Å². The first kappa shape index (κ1) is 18.8. The van der Waals surface area contributed by atoms with Gasteiger partial charge in [-0.2, -0.15) is 4.98 Å². The molecule has 0 aliphatic heterocycles. The lowest BCUT2D eigenvalue weighted by molar-refractivity contribution is 0.0528. The van der Waals surface area contributed by atoms with Crippen LogP contribution in [-0.4, -0.2) is 40.9 Å². The SMILES string of the molecule is CC(C)Oc1ncnc(NCCCNC(=O)OC(C)(C)C)c1N. The maximum Gasteiger partial charge on any atom is 0.407 e. The second-order valence-electron chi connectivity index (χ2n) is 6.32. The van der Waals surface area contributed by atoms with Gasteiger partial charge in [0.15, 0.2) is 5.82 Å². The van der Waals surface area contributed by atoms with Gasteiger partial charge >= 0.3 is 6.09 Å². The molecule has 1 aromatic heterocycles. The van der Waals surface area contributed by atoms with Crippen LogP contribution in [0.15, 0.2) is 6.33 Å². The number of anilines is 2. The summed E-state index contributed by atoms with van der Waals surface area (Å²) in [7, 11) is 0. The van der Waals surface area contributed by atoms with E-state index in [-0.39, 0.29) is 6.10 Å². The number of ether oxygens (including phenoxy) is 2. The number of nitrogen functional groups attached to an aromatic ring is 1. The number of nitrogens with two attached hydrogens (primary N) is 1. The van der Waals surface area contributed by atoms with Crippen LogP contribution in [0, 0.1) is 0 Å². The number of carbonyl (C=O) groups excluding carboxylic acids is 1. The monoisotopic (exact) mass is 325 g/mol. The molecule has 1 amide bonds. The lowest BCUT2D eigenvalue weighted by atomic mass is 10.2. The molecule has 8 heteroatoms. The van der Waals surface area contributed by atoms with Gasteiger partial charge in [0, 0.05) is 13.1 Å². The fraction of sp³-hybridized carbons (Fsp3) is 0.667. The molecule has 0 aliphatic carbocycles. The van der Waals surface area contributed by atoms with Crippen molar-refractivity contribution in [1.82, 2.24) is 15.3 Å². The molecule has 0 spiro atoms. The van der Waals surface area contributed by atoms with Crippen molar-refractivity contribution in [1.29, 1.82) is 0 Å². The maximum absolute atomic E-state index is 11.5. The first-order valence-electron chi connectivity index (χ1n) is 7.67. The molecule has 4 N–H and O–H groups in total. The van der Waals surface area contributed by atoms with Gasteiger partial charge in [0.25, 0.3) is 0 Å². The Morgan fingerprint density at radius 1 is 1.30 bits per heavy atom. The summed E-state index contributed by atoms with van der Waals surface area (Å²) in [6.07, 6.45) is 1.66. The number of hydrogen-bond donors (Lipinski definition) is 3. The third-order valence-corrected chi connectivity index (χ3v) is 2.51. The van der Waals surface area contributed by atoms with E-state index in [1.165, 1.54) is 6.33 Å². The number of amides is 1. The highest BCUT2D eigenvalue weighted by Crippen LogP contribution is 2.25. The molecule has 23 heavy (non-hydrogen) atoms. The average Bonchev–Trinajstić information content (AvgIpc) is 2.39. The van der Waals surface area contributed by atoms with Gasteiger partial charge < -0.3 is 25.8 Å². The third-order valence-electron chi connectivity index (χ3n) is 2.51. The number of nitrogens with one attached hydrogen (secondary N) is 2. The first-order chi connectivity index (χ1) is 10.7. The van der Waals surface area contributed by atoms with Crippen LogP contribution in [0.2, 0.25) is 0 Å². The number of carbonyl (C=O) groups is 1. The largest absolute Gasteiger partial charge is 0.473 e. The Morgan fingerprint density at radius 2 is 2.00 bits per heavy atom. The minimum atomic E-state index is -0.495. The van der Waals surface area contributed by atoms with Crippen molar-refractivity contribution in [2.45, 2.75) is 52.7 Å². The molecule has 1 heterocycles. The molecule has 0 aromatic carbocycles. The standard InChI is InChI=1S/C15H27N5O3/c1-10(2)22-13-11(16)12(19-9-20-13)17-7-6-8-18-14(21)23-15(3,4)5/h9-10H,6-8,16H2,1-5H3,(H,18,21)(H,17,19,20). The molecule has 0 bridgehead atoms. The van der Waals surface area contributed by atoms with E-state index in [0.717, 1.165) is 0 Å². The molecule has 0 saturated heterocycles. The predicted octanol–water partition coefficient (Wildman–Crippen LogP) is 2.17. The van der Waals surface area contributed by atoms with Crippen LogP contribution in [0.1, 0.15) is 41.0 Å². The average molecular weight is 325 g/mol. The number of nitrogens with zero attached hydrogens (tertiary/aromatic N) is 2. The lowest BCUT2D eigenvalue weighted by Gasteiger charge is -2.19. The molecule has 0 atom stereocenters. The Balaban J connectivity index is 2.35. The molecule has 0 radical (unpaired) electrons. The zero-order valence-corrected chi connectivity index (χ0v) is 14.5. The van der Waals surface area contributed by atoms with Crippen molar-refractivity contribution >= 4 is 17.6 Å². The predicted molar refractivity (Wildman–Crippen MR) is 89.6 cm³/mol. The van der Waals surface area contributed by atoms with E-state index >= 15 is 0 Å². The molecule has 0 unspecified atom stereocenters. The fourth-order valence-electron chi connectivity index (χ4n) is 1.64. The smallest absolute Gasteiger partial charge is 0.407 e. The van der Waals surface area contributed by atoms with E-state index in [4.69, 9.17) is 15.2 Å². The molecule has 1 rings (SSSR count). The van der Waals surface area contributed by atoms with Crippen molar-refractivity contribution < 1.29 is 14.3 Å². The van der Waals surface area contributed by atoms with Crippen molar-refractivity contribution in [3.8, 4) is 5.88 Å². The van der Waals surface area contributed by atoms with E-state index in [9.17, 15) is 4.79 Å². The second kappa shape index (κ2) is 8.40. The summed E-state index contributed by atoms with van der Waals surface area (Å²) in [5.41, 5.74) is 5.84. The summed E-state index contributed by atoms with van der Waals surface area (Å²) in [6.45, 7) is 10.4. The van der Waals surface area contributed by atoms with Crippen LogP contribution < -0.4 is 21.1 Å². The van der Waals surface area contributed by atoms with Gasteiger partial charge in [-0.05, 0) is 41.0 Å². The lowest BCUT2D eigenvalue weighted by Crippen LogP contribution is -2.33. The van der Waals surface area contributed by atoms with Crippen LogP contribution in [0.3, 0.4) is 0 Å². The Bertz CT molecular complexity index is 514. The molecule has 130 valence electrons. The normalized spacial score (nSPS) is 11.2. The molecular weight excluding hydrogens is 298 g/mol. The Labute approximate surface area is 137 Å². The number of aromatic nitrogens is 2. The molecule has 1 aromatic rings. The highest BCUT2D eigenvalue weighted by Gasteiger charge is 2.15. The minimum absolute atomic E-state index is 0.0157. The van der Waals surface area contributed by atoms with Crippen LogP contribution >= 0.6 is 0 Å². The highest BCUT2D eigenvalue weighted by molar-refractivity contribution is 5.67. The molecule has 8 nitrogen and oxygen atoms in total. The second-order valence-corrected chi connectivity index (χ2v) is 6.32. The highest BCUT2D eigenvalue weighted by atomic mass is 16.6. The van der Waals surface area contributed by atoms with E-state index in [1.807, 2.05) is 34.6 Å². The molecule has 0 fully saturated rings. The van der Waals surface area contributed by atoms with Gasteiger partial charge in [-0.15, -0.1) is 0 Å². The van der Waals surface area contributed by atoms with Crippen LogP contribution in [0.4, 0.5) is 16.3 Å². The van der Waals surface area contributed by atoms with Crippen molar-refractivity contribution in [2.75, 3.05) is 24.1 Å². The van der Waals surface area contributed by atoms with Crippen molar-refractivity contribution in [3.63, 3.8) is 0 Å². The van der Waals surface area contributed by atoms with E-state index in [1.54, 1.807) is 0 Å². The Kier molecular flexibility index (Phi) is 6.87. The molecule has 0 aliphatic rings. The van der Waals surface area contributed by atoms with E-state index < -0.39 is 11.7 Å². The van der Waals surface area contributed by atoms with Crippen molar-refractivity contribution in [2.24, 2.45) is 0 Å². The van der Waals surface area contributed by atoms with Gasteiger partial charge in [0.05, 0.1) is 6.10 Å². The molecule has 0 saturated carbocycles. The van der Waals surface area contributed by atoms with Gasteiger partial charge in [-0.1, -0.05) is 0 Å². The van der Waals surface area contributed by atoms with Gasteiger partial charge in [-0.25, -0.2) is 9.78 Å². The quantitative estimate of drug-likeness (QED) is 0.659. The topological polar surface area (TPSA) is 111 Å². The Hall–Kier alpha value is -2.25. The zero-order chi connectivity index (χ0) is 17.5. The first-order valence-corrected chi connectivity index (χ1v) is 7.67. The third kappa shape index (κ3) is 7.53. The summed E-state index contributed by atoms with van der Waals surface area (Å²) in [5, 5.41) is 5.79. The van der Waals surface area contributed by atoms with E-state index in [2.05, 4.69) is 20.6 Å². The van der Waals surface area contributed by atoms with Crippen molar-refractivity contribution in [3.05, 3.63) is 6.33 Å². The van der Waals surface area contributed by atoms with Crippen LogP contribution in [0.5, 0.6) is 5.88 Å². The van der Waals surface area contributed by atoms with Gasteiger partial charge in [-0.3, -0.25) is 0 Å².